The van der Waals surface area contributed by atoms with Crippen molar-refractivity contribution in [1.29, 1.82) is 0 Å². The van der Waals surface area contributed by atoms with E-state index in [1.807, 2.05) is 19.0 Å². The van der Waals surface area contributed by atoms with Gasteiger partial charge in [-0.1, -0.05) is 19.3 Å². The smallest absolute Gasteiger partial charge is 0.307 e. The summed E-state index contributed by atoms with van der Waals surface area (Å²) in [5.74, 6) is 0.160. The molecule has 0 aromatic carbocycles. The summed E-state index contributed by atoms with van der Waals surface area (Å²) in [7, 11) is 3.99. The number of rotatable bonds is 8. The van der Waals surface area contributed by atoms with Crippen molar-refractivity contribution in [3.8, 4) is 0 Å². The zero-order valence-electron chi connectivity index (χ0n) is 13.8. The summed E-state index contributed by atoms with van der Waals surface area (Å²) < 4.78 is 4.96. The van der Waals surface area contributed by atoms with Crippen LogP contribution in [0.2, 0.25) is 0 Å². The number of carbonyl (C=O) groups excluding carboxylic acids is 2. The lowest BCUT2D eigenvalue weighted by Gasteiger charge is -2.30. The van der Waals surface area contributed by atoms with Gasteiger partial charge in [-0.25, -0.2) is 0 Å². The molecule has 0 aromatic heterocycles. The molecular formula is C16H30N2O3. The molecule has 0 spiro atoms. The highest BCUT2D eigenvalue weighted by Crippen LogP contribution is 2.25. The van der Waals surface area contributed by atoms with Gasteiger partial charge >= 0.3 is 5.97 Å². The van der Waals surface area contributed by atoms with Gasteiger partial charge in [0.15, 0.2) is 0 Å². The van der Waals surface area contributed by atoms with E-state index in [0.29, 0.717) is 26.1 Å². The number of nitrogens with zero attached hydrogens (tertiary/aromatic N) is 2. The first-order valence-corrected chi connectivity index (χ1v) is 8.13. The molecule has 1 rings (SSSR count). The quantitative estimate of drug-likeness (QED) is 0.642. The lowest BCUT2D eigenvalue weighted by molar-refractivity contribution is -0.144. The molecule has 1 aliphatic rings. The van der Waals surface area contributed by atoms with Gasteiger partial charge in [0.1, 0.15) is 0 Å². The second kappa shape index (κ2) is 9.77. The van der Waals surface area contributed by atoms with Crippen molar-refractivity contribution in [3.63, 3.8) is 0 Å². The van der Waals surface area contributed by atoms with Crippen molar-refractivity contribution >= 4 is 11.9 Å². The predicted octanol–water partition coefficient (Wildman–Crippen LogP) is 1.91. The van der Waals surface area contributed by atoms with Crippen LogP contribution >= 0.6 is 0 Å². The molecule has 0 heterocycles. The molecule has 0 unspecified atom stereocenters. The Bertz CT molecular complexity index is 325. The van der Waals surface area contributed by atoms with E-state index in [1.165, 1.54) is 6.42 Å². The largest absolute Gasteiger partial charge is 0.466 e. The van der Waals surface area contributed by atoms with Crippen molar-refractivity contribution in [3.05, 3.63) is 0 Å². The van der Waals surface area contributed by atoms with E-state index in [9.17, 15) is 9.59 Å². The first kappa shape index (κ1) is 18.0. The average molecular weight is 298 g/mol. The molecule has 0 N–H and O–H groups in total. The molecule has 5 heteroatoms. The molecule has 0 bridgehead atoms. The molecule has 1 amide bonds. The van der Waals surface area contributed by atoms with Gasteiger partial charge < -0.3 is 14.5 Å². The first-order chi connectivity index (χ1) is 10.0. The Morgan fingerprint density at radius 1 is 1.05 bits per heavy atom. The van der Waals surface area contributed by atoms with Crippen LogP contribution in [-0.2, 0) is 14.3 Å². The summed E-state index contributed by atoms with van der Waals surface area (Å²) in [6.45, 7) is 4.17. The minimum atomic E-state index is -0.219. The Balaban J connectivity index is 2.53. The minimum Gasteiger partial charge on any atom is -0.466 e. The highest BCUT2D eigenvalue weighted by Gasteiger charge is 2.26. The van der Waals surface area contributed by atoms with Crippen LogP contribution in [0.25, 0.3) is 0 Å². The summed E-state index contributed by atoms with van der Waals surface area (Å²) in [4.78, 5) is 28.1. The number of likely N-dealkylation sites (N-methyl/N-ethyl adjacent to an activating group) is 1. The summed E-state index contributed by atoms with van der Waals surface area (Å²) >= 11 is 0. The maximum atomic E-state index is 12.6. The van der Waals surface area contributed by atoms with E-state index in [2.05, 4.69) is 4.90 Å². The second-order valence-corrected chi connectivity index (χ2v) is 6.02. The van der Waals surface area contributed by atoms with Crippen LogP contribution in [0.15, 0.2) is 0 Å². The zero-order valence-corrected chi connectivity index (χ0v) is 13.8. The lowest BCUT2D eigenvalue weighted by atomic mass is 9.88. The van der Waals surface area contributed by atoms with E-state index in [1.54, 1.807) is 6.92 Å². The Kier molecular flexibility index (Phi) is 8.35. The van der Waals surface area contributed by atoms with Crippen LogP contribution in [-0.4, -0.2) is 62.0 Å². The maximum Gasteiger partial charge on any atom is 0.307 e. The molecule has 0 saturated heterocycles. The van der Waals surface area contributed by atoms with E-state index < -0.39 is 0 Å². The lowest BCUT2D eigenvalue weighted by Crippen LogP contribution is -2.42. The topological polar surface area (TPSA) is 49.9 Å². The van der Waals surface area contributed by atoms with Crippen LogP contribution in [0.4, 0.5) is 0 Å². The van der Waals surface area contributed by atoms with Crippen molar-refractivity contribution < 1.29 is 14.3 Å². The highest BCUT2D eigenvalue weighted by atomic mass is 16.5. The molecular weight excluding hydrogens is 268 g/mol. The predicted molar refractivity (Wildman–Crippen MR) is 83.0 cm³/mol. The monoisotopic (exact) mass is 298 g/mol. The number of amides is 1. The van der Waals surface area contributed by atoms with Crippen molar-refractivity contribution in [2.45, 2.75) is 45.4 Å². The van der Waals surface area contributed by atoms with Crippen LogP contribution in [0.5, 0.6) is 0 Å². The Labute approximate surface area is 128 Å². The third kappa shape index (κ3) is 6.93. The average Bonchev–Trinajstić information content (AvgIpc) is 2.47. The standard InChI is InChI=1S/C16H30N2O3/c1-4-21-15(19)10-11-18(13-12-17(2)3)16(20)14-8-6-5-7-9-14/h14H,4-13H2,1-3H3. The van der Waals surface area contributed by atoms with Crippen LogP contribution < -0.4 is 0 Å². The van der Waals surface area contributed by atoms with E-state index in [-0.39, 0.29) is 17.8 Å². The van der Waals surface area contributed by atoms with Gasteiger partial charge in [-0.15, -0.1) is 0 Å². The Morgan fingerprint density at radius 2 is 1.71 bits per heavy atom. The molecule has 1 aliphatic carbocycles. The van der Waals surface area contributed by atoms with Crippen LogP contribution in [0.1, 0.15) is 45.4 Å². The SMILES string of the molecule is CCOC(=O)CCN(CCN(C)C)C(=O)C1CCCCC1. The zero-order chi connectivity index (χ0) is 15.7. The van der Waals surface area contributed by atoms with Crippen molar-refractivity contribution in [2.75, 3.05) is 40.3 Å². The number of esters is 1. The molecule has 1 fully saturated rings. The van der Waals surface area contributed by atoms with Crippen molar-refractivity contribution in [1.82, 2.24) is 9.80 Å². The molecule has 5 nitrogen and oxygen atoms in total. The fraction of sp³-hybridized carbons (Fsp3) is 0.875. The summed E-state index contributed by atoms with van der Waals surface area (Å²) in [6.07, 6.45) is 5.82. The Morgan fingerprint density at radius 3 is 2.29 bits per heavy atom. The third-order valence-electron chi connectivity index (χ3n) is 3.97. The number of hydrogen-bond acceptors (Lipinski definition) is 4. The molecule has 122 valence electrons. The number of hydrogen-bond donors (Lipinski definition) is 0. The summed E-state index contributed by atoms with van der Waals surface area (Å²) in [6, 6.07) is 0. The number of carbonyl (C=O) groups is 2. The van der Waals surface area contributed by atoms with E-state index in [4.69, 9.17) is 4.74 Å². The van der Waals surface area contributed by atoms with E-state index in [0.717, 1.165) is 32.2 Å². The molecule has 0 radical (unpaired) electrons. The third-order valence-corrected chi connectivity index (χ3v) is 3.97. The second-order valence-electron chi connectivity index (χ2n) is 6.02. The number of ether oxygens (including phenoxy) is 1. The van der Waals surface area contributed by atoms with Gasteiger partial charge in [0.05, 0.1) is 13.0 Å². The van der Waals surface area contributed by atoms with E-state index >= 15 is 0 Å². The fourth-order valence-corrected chi connectivity index (χ4v) is 2.72. The summed E-state index contributed by atoms with van der Waals surface area (Å²) in [5.41, 5.74) is 0. The van der Waals surface area contributed by atoms with Gasteiger partial charge in [-0.05, 0) is 33.9 Å². The molecule has 21 heavy (non-hydrogen) atoms. The minimum absolute atomic E-state index is 0.156. The Hall–Kier alpha value is -1.10. The van der Waals surface area contributed by atoms with Gasteiger partial charge in [0, 0.05) is 25.6 Å². The van der Waals surface area contributed by atoms with Gasteiger partial charge in [0.2, 0.25) is 5.91 Å². The fourth-order valence-electron chi connectivity index (χ4n) is 2.72. The molecule has 0 atom stereocenters. The molecule has 0 aliphatic heterocycles. The summed E-state index contributed by atoms with van der Waals surface area (Å²) in [5, 5.41) is 0. The highest BCUT2D eigenvalue weighted by molar-refractivity contribution is 5.79. The van der Waals surface area contributed by atoms with Gasteiger partial charge in [0.25, 0.3) is 0 Å². The van der Waals surface area contributed by atoms with Crippen molar-refractivity contribution in [2.24, 2.45) is 5.92 Å². The normalized spacial score (nSPS) is 16.0. The molecule has 1 saturated carbocycles. The van der Waals surface area contributed by atoms with Gasteiger partial charge in [-0.3, -0.25) is 9.59 Å². The van der Waals surface area contributed by atoms with Crippen LogP contribution in [0, 0.1) is 5.92 Å². The van der Waals surface area contributed by atoms with Crippen LogP contribution in [0.3, 0.4) is 0 Å². The maximum absolute atomic E-state index is 12.6. The van der Waals surface area contributed by atoms with Gasteiger partial charge in [-0.2, -0.15) is 0 Å². The first-order valence-electron chi connectivity index (χ1n) is 8.13. The molecule has 0 aromatic rings.